The number of unbranched alkanes of at least 4 members (excludes halogenated alkanes) is 7. The smallest absolute Gasteiger partial charge is 0.0822 e. The van der Waals surface area contributed by atoms with E-state index in [1.54, 1.807) is 0 Å². The second-order valence-corrected chi connectivity index (χ2v) is 4.72. The van der Waals surface area contributed by atoms with Crippen LogP contribution in [0, 0.1) is 5.92 Å². The van der Waals surface area contributed by atoms with Gasteiger partial charge in [0.2, 0.25) is 0 Å². The third kappa shape index (κ3) is 12.0. The van der Waals surface area contributed by atoms with Crippen molar-refractivity contribution in [2.24, 2.45) is 5.92 Å². The van der Waals surface area contributed by atoms with Gasteiger partial charge in [-0.1, -0.05) is 65.2 Å². The maximum absolute atomic E-state index is 10.2. The van der Waals surface area contributed by atoms with Gasteiger partial charge in [0.25, 0.3) is 0 Å². The molecular formula is C13H27O. The second kappa shape index (κ2) is 11.0. The van der Waals surface area contributed by atoms with E-state index in [9.17, 15) is 5.11 Å². The molecule has 0 bridgehead atoms. The molecule has 0 N–H and O–H groups in total. The number of rotatable bonds is 10. The Hall–Kier alpha value is -0.0400. The molecule has 0 heterocycles. The van der Waals surface area contributed by atoms with Crippen LogP contribution in [0.1, 0.15) is 71.6 Å². The molecule has 1 nitrogen and oxygen atoms in total. The Morgan fingerprint density at radius 1 is 0.714 bits per heavy atom. The molecule has 0 saturated heterocycles. The van der Waals surface area contributed by atoms with Gasteiger partial charge in [-0.2, -0.15) is 0 Å². The molecule has 0 saturated carbocycles. The molecule has 0 aromatic carbocycles. The van der Waals surface area contributed by atoms with E-state index < -0.39 is 0 Å². The highest BCUT2D eigenvalue weighted by Gasteiger charge is 1.94. The average molecular weight is 199 g/mol. The third-order valence-electron chi connectivity index (χ3n) is 2.68. The molecule has 0 fully saturated rings. The van der Waals surface area contributed by atoms with E-state index in [1.807, 2.05) is 0 Å². The van der Waals surface area contributed by atoms with Crippen molar-refractivity contribution in [3.63, 3.8) is 0 Å². The SMILES string of the molecule is CC(C)CCCCCCCCCC[O]. The van der Waals surface area contributed by atoms with Crippen molar-refractivity contribution in [3.8, 4) is 0 Å². The number of hydrogen-bond donors (Lipinski definition) is 0. The van der Waals surface area contributed by atoms with E-state index in [2.05, 4.69) is 13.8 Å². The Kier molecular flexibility index (Phi) is 11.0. The van der Waals surface area contributed by atoms with Gasteiger partial charge in [-0.05, 0) is 12.3 Å². The quantitative estimate of drug-likeness (QED) is 0.459. The summed E-state index contributed by atoms with van der Waals surface area (Å²) in [6, 6.07) is 0. The number of hydrogen-bond acceptors (Lipinski definition) is 0. The summed E-state index contributed by atoms with van der Waals surface area (Å²) in [6.45, 7) is 4.71. The summed E-state index contributed by atoms with van der Waals surface area (Å²) in [7, 11) is 0. The van der Waals surface area contributed by atoms with Crippen LogP contribution >= 0.6 is 0 Å². The predicted molar refractivity (Wildman–Crippen MR) is 61.9 cm³/mol. The largest absolute Gasteiger partial charge is 0.237 e. The molecule has 0 atom stereocenters. The normalized spacial score (nSPS) is 11.1. The lowest BCUT2D eigenvalue weighted by Gasteiger charge is -2.04. The second-order valence-electron chi connectivity index (χ2n) is 4.72. The lowest BCUT2D eigenvalue weighted by molar-refractivity contribution is 0.186. The van der Waals surface area contributed by atoms with Crippen molar-refractivity contribution < 1.29 is 5.11 Å². The minimum Gasteiger partial charge on any atom is -0.237 e. The molecule has 14 heavy (non-hydrogen) atoms. The molecule has 0 aromatic rings. The minimum atomic E-state index is 0.119. The Labute approximate surface area is 89.9 Å². The van der Waals surface area contributed by atoms with Crippen molar-refractivity contribution in [2.75, 3.05) is 6.61 Å². The van der Waals surface area contributed by atoms with Gasteiger partial charge in [-0.15, -0.1) is 0 Å². The first-order chi connectivity index (χ1) is 6.77. The van der Waals surface area contributed by atoms with Crippen LogP contribution in [0.5, 0.6) is 0 Å². The Balaban J connectivity index is 2.85. The zero-order valence-corrected chi connectivity index (χ0v) is 10.1. The van der Waals surface area contributed by atoms with Crippen molar-refractivity contribution >= 4 is 0 Å². The molecule has 0 aliphatic rings. The van der Waals surface area contributed by atoms with Gasteiger partial charge >= 0.3 is 0 Å². The van der Waals surface area contributed by atoms with Gasteiger partial charge in [0, 0.05) is 0 Å². The zero-order chi connectivity index (χ0) is 10.6. The fourth-order valence-corrected chi connectivity index (χ4v) is 1.72. The summed E-state index contributed by atoms with van der Waals surface area (Å²) in [5.41, 5.74) is 0. The van der Waals surface area contributed by atoms with Crippen LogP contribution in [0.25, 0.3) is 0 Å². The highest BCUT2D eigenvalue weighted by molar-refractivity contribution is 4.49. The summed E-state index contributed by atoms with van der Waals surface area (Å²) in [5, 5.41) is 10.2. The summed E-state index contributed by atoms with van der Waals surface area (Å²) >= 11 is 0. The molecule has 0 aromatic heterocycles. The van der Waals surface area contributed by atoms with E-state index in [4.69, 9.17) is 0 Å². The van der Waals surface area contributed by atoms with Gasteiger partial charge in [0.1, 0.15) is 0 Å². The van der Waals surface area contributed by atoms with Crippen LogP contribution < -0.4 is 0 Å². The predicted octanol–water partition coefficient (Wildman–Crippen LogP) is 4.58. The Bertz CT molecular complexity index is 99.4. The summed E-state index contributed by atoms with van der Waals surface area (Å²) < 4.78 is 0. The first kappa shape index (κ1) is 14.0. The highest BCUT2D eigenvalue weighted by atomic mass is 16.2. The highest BCUT2D eigenvalue weighted by Crippen LogP contribution is 2.12. The first-order valence-corrected chi connectivity index (χ1v) is 6.35. The molecule has 85 valence electrons. The van der Waals surface area contributed by atoms with Gasteiger partial charge in [0.05, 0.1) is 6.61 Å². The average Bonchev–Trinajstić information content (AvgIpc) is 2.15. The van der Waals surface area contributed by atoms with E-state index >= 15 is 0 Å². The van der Waals surface area contributed by atoms with Crippen molar-refractivity contribution in [1.82, 2.24) is 0 Å². The maximum Gasteiger partial charge on any atom is 0.0822 e. The van der Waals surface area contributed by atoms with Crippen LogP contribution in [0.3, 0.4) is 0 Å². The molecule has 0 aliphatic heterocycles. The van der Waals surface area contributed by atoms with Crippen molar-refractivity contribution in [1.29, 1.82) is 0 Å². The summed E-state index contributed by atoms with van der Waals surface area (Å²) in [5.74, 6) is 0.868. The monoisotopic (exact) mass is 199 g/mol. The molecule has 0 aliphatic carbocycles. The van der Waals surface area contributed by atoms with E-state index in [-0.39, 0.29) is 6.61 Å². The Morgan fingerprint density at radius 2 is 1.14 bits per heavy atom. The van der Waals surface area contributed by atoms with E-state index in [0.29, 0.717) is 0 Å². The minimum absolute atomic E-state index is 0.119. The standard InChI is InChI=1S/C13H27O/c1-13(2)11-9-7-5-3-4-6-8-10-12-14/h13H,3-12H2,1-2H3. The first-order valence-electron chi connectivity index (χ1n) is 6.35. The topological polar surface area (TPSA) is 19.9 Å². The van der Waals surface area contributed by atoms with Crippen LogP contribution in [-0.4, -0.2) is 6.61 Å². The fraction of sp³-hybridized carbons (Fsp3) is 1.00. The van der Waals surface area contributed by atoms with Crippen LogP contribution in [0.15, 0.2) is 0 Å². The van der Waals surface area contributed by atoms with Gasteiger partial charge < -0.3 is 0 Å². The van der Waals surface area contributed by atoms with Crippen LogP contribution in [0.4, 0.5) is 0 Å². The molecular weight excluding hydrogens is 172 g/mol. The van der Waals surface area contributed by atoms with E-state index in [1.165, 1.54) is 44.9 Å². The Morgan fingerprint density at radius 3 is 1.57 bits per heavy atom. The third-order valence-corrected chi connectivity index (χ3v) is 2.68. The molecule has 1 heteroatoms. The van der Waals surface area contributed by atoms with Crippen molar-refractivity contribution in [3.05, 3.63) is 0 Å². The zero-order valence-electron chi connectivity index (χ0n) is 10.1. The molecule has 0 unspecified atom stereocenters. The van der Waals surface area contributed by atoms with Gasteiger partial charge in [-0.3, -0.25) is 0 Å². The molecule has 0 rings (SSSR count). The van der Waals surface area contributed by atoms with Crippen LogP contribution in [0.2, 0.25) is 0 Å². The van der Waals surface area contributed by atoms with Crippen LogP contribution in [-0.2, 0) is 5.11 Å². The summed E-state index contributed by atoms with van der Waals surface area (Å²) in [6.07, 6.45) is 11.6. The lowest BCUT2D eigenvalue weighted by Crippen LogP contribution is -1.87. The fourth-order valence-electron chi connectivity index (χ4n) is 1.72. The van der Waals surface area contributed by atoms with Crippen molar-refractivity contribution in [2.45, 2.75) is 71.6 Å². The van der Waals surface area contributed by atoms with Gasteiger partial charge in [-0.25, -0.2) is 5.11 Å². The van der Waals surface area contributed by atoms with E-state index in [0.717, 1.165) is 18.8 Å². The maximum atomic E-state index is 10.2. The van der Waals surface area contributed by atoms with Gasteiger partial charge in [0.15, 0.2) is 0 Å². The molecule has 1 radical (unpaired) electrons. The molecule has 0 spiro atoms. The molecule has 0 amide bonds. The summed E-state index contributed by atoms with van der Waals surface area (Å²) in [4.78, 5) is 0. The lowest BCUT2D eigenvalue weighted by atomic mass is 10.0.